The predicted molar refractivity (Wildman–Crippen MR) is 138 cm³/mol. The first-order valence-electron chi connectivity index (χ1n) is 11.5. The summed E-state index contributed by atoms with van der Waals surface area (Å²) in [5, 5.41) is 0. The van der Waals surface area contributed by atoms with E-state index in [1.807, 2.05) is 46.9 Å². The maximum Gasteiger partial charge on any atom is 0.421 e. The number of thiophene rings is 1. The number of rotatable bonds is 10. The van der Waals surface area contributed by atoms with Gasteiger partial charge >= 0.3 is 6.09 Å². The molecule has 7 nitrogen and oxygen atoms in total. The fourth-order valence-electron chi connectivity index (χ4n) is 3.52. The Bertz CT molecular complexity index is 1090. The molecule has 0 atom stereocenters. The van der Waals surface area contributed by atoms with Crippen LogP contribution in [0, 0.1) is 5.92 Å². The van der Waals surface area contributed by atoms with E-state index < -0.39 is 16.1 Å². The summed E-state index contributed by atoms with van der Waals surface area (Å²) in [7, 11) is -4.10. The summed E-state index contributed by atoms with van der Waals surface area (Å²) in [6, 6.07) is 9.27. The lowest BCUT2D eigenvalue weighted by molar-refractivity contribution is -0.129. The minimum atomic E-state index is -4.10. The Balaban J connectivity index is 1.82. The monoisotopic (exact) mass is 524 g/mol. The number of nitrogens with zero attached hydrogens (tertiary/aromatic N) is 1. The summed E-state index contributed by atoms with van der Waals surface area (Å²) in [6.45, 7) is 7.05. The summed E-state index contributed by atoms with van der Waals surface area (Å²) in [4.78, 5) is 27.3. The number of carbonyl (C=O) groups is 2. The van der Waals surface area contributed by atoms with Crippen molar-refractivity contribution < 1.29 is 22.7 Å². The first-order valence-corrected chi connectivity index (χ1v) is 14.9. The number of amides is 2. The Hall–Kier alpha value is -2.04. The molecule has 1 aliphatic rings. The number of hydrogen-bond donors (Lipinski definition) is 1. The highest BCUT2D eigenvalue weighted by molar-refractivity contribution is 7.99. The second-order valence-electron chi connectivity index (χ2n) is 8.68. The second kappa shape index (κ2) is 12.1. The molecule has 186 valence electrons. The SMILES string of the molecule is CCCCOC(=O)NS(=O)(=O)c1sc(CC(C)C)cc1-c1ccc(CC(=O)N2CCSC2)cc1. The molecule has 2 amide bonds. The summed E-state index contributed by atoms with van der Waals surface area (Å²) in [5.41, 5.74) is 2.15. The molecule has 2 heterocycles. The van der Waals surface area contributed by atoms with E-state index in [0.717, 1.165) is 47.0 Å². The molecule has 2 aromatic rings. The van der Waals surface area contributed by atoms with Crippen molar-refractivity contribution in [3.63, 3.8) is 0 Å². The van der Waals surface area contributed by atoms with E-state index in [0.29, 0.717) is 24.3 Å². The zero-order chi connectivity index (χ0) is 24.7. The molecule has 34 heavy (non-hydrogen) atoms. The number of carbonyl (C=O) groups excluding carboxylic acids is 2. The van der Waals surface area contributed by atoms with Crippen LogP contribution in [0.15, 0.2) is 34.5 Å². The van der Waals surface area contributed by atoms with Gasteiger partial charge in [0, 0.05) is 22.7 Å². The van der Waals surface area contributed by atoms with Gasteiger partial charge in [-0.2, -0.15) is 0 Å². The van der Waals surface area contributed by atoms with Gasteiger partial charge in [0.2, 0.25) is 5.91 Å². The summed E-state index contributed by atoms with van der Waals surface area (Å²) >= 11 is 2.92. The van der Waals surface area contributed by atoms with E-state index in [2.05, 4.69) is 13.8 Å². The molecule has 0 spiro atoms. The van der Waals surface area contributed by atoms with Crippen LogP contribution in [0.1, 0.15) is 44.1 Å². The maximum absolute atomic E-state index is 13.1. The van der Waals surface area contributed by atoms with E-state index in [9.17, 15) is 18.0 Å². The number of benzene rings is 1. The Morgan fingerprint density at radius 2 is 1.94 bits per heavy atom. The van der Waals surface area contributed by atoms with Crippen molar-refractivity contribution in [1.29, 1.82) is 0 Å². The van der Waals surface area contributed by atoms with E-state index in [1.165, 1.54) is 11.3 Å². The molecule has 3 rings (SSSR count). The highest BCUT2D eigenvalue weighted by Crippen LogP contribution is 2.36. The quantitative estimate of drug-likeness (QED) is 0.444. The molecular weight excluding hydrogens is 492 g/mol. The van der Waals surface area contributed by atoms with E-state index >= 15 is 0 Å². The van der Waals surface area contributed by atoms with Gasteiger partial charge in [-0.15, -0.1) is 23.1 Å². The Labute approximate surface area is 210 Å². The summed E-state index contributed by atoms with van der Waals surface area (Å²) in [6.07, 6.45) is 1.59. The normalized spacial score (nSPS) is 13.9. The van der Waals surface area contributed by atoms with Crippen LogP contribution >= 0.6 is 23.1 Å². The molecule has 1 fully saturated rings. The molecule has 0 bridgehead atoms. The molecule has 10 heteroatoms. The zero-order valence-electron chi connectivity index (χ0n) is 19.8. The Morgan fingerprint density at radius 3 is 2.56 bits per heavy atom. The molecule has 0 aliphatic carbocycles. The zero-order valence-corrected chi connectivity index (χ0v) is 22.3. The highest BCUT2D eigenvalue weighted by Gasteiger charge is 2.26. The molecular formula is C24H32N2O5S3. The molecule has 1 aromatic carbocycles. The van der Waals surface area contributed by atoms with Crippen LogP contribution in [-0.4, -0.2) is 50.1 Å². The van der Waals surface area contributed by atoms with Crippen LogP contribution in [-0.2, 0) is 32.4 Å². The van der Waals surface area contributed by atoms with Crippen molar-refractivity contribution in [2.45, 2.75) is 50.7 Å². The predicted octanol–water partition coefficient (Wildman–Crippen LogP) is 4.90. The van der Waals surface area contributed by atoms with Gasteiger partial charge in [0.05, 0.1) is 18.9 Å². The minimum Gasteiger partial charge on any atom is -0.449 e. The van der Waals surface area contributed by atoms with Crippen LogP contribution in [0.5, 0.6) is 0 Å². The molecule has 0 radical (unpaired) electrons. The Kier molecular flexibility index (Phi) is 9.44. The van der Waals surface area contributed by atoms with Crippen molar-refractivity contribution >= 4 is 45.1 Å². The largest absolute Gasteiger partial charge is 0.449 e. The first-order chi connectivity index (χ1) is 16.2. The summed E-state index contributed by atoms with van der Waals surface area (Å²) < 4.78 is 33.3. The number of unbranched alkanes of at least 4 members (excludes halogenated alkanes) is 1. The third-order valence-electron chi connectivity index (χ3n) is 5.28. The van der Waals surface area contributed by atoms with E-state index in [1.54, 1.807) is 11.8 Å². The van der Waals surface area contributed by atoms with Crippen molar-refractivity contribution in [2.24, 2.45) is 5.92 Å². The van der Waals surface area contributed by atoms with Gasteiger partial charge in [0.25, 0.3) is 10.0 Å². The number of sulfonamides is 1. The van der Waals surface area contributed by atoms with Crippen LogP contribution in [0.2, 0.25) is 0 Å². The Morgan fingerprint density at radius 1 is 1.21 bits per heavy atom. The van der Waals surface area contributed by atoms with Crippen molar-refractivity contribution in [3.8, 4) is 11.1 Å². The van der Waals surface area contributed by atoms with Crippen molar-refractivity contribution in [2.75, 3.05) is 24.8 Å². The molecule has 1 aromatic heterocycles. The van der Waals surface area contributed by atoms with Gasteiger partial charge in [-0.3, -0.25) is 4.79 Å². The highest BCUT2D eigenvalue weighted by atomic mass is 32.2. The van der Waals surface area contributed by atoms with Crippen LogP contribution in [0.4, 0.5) is 4.79 Å². The lowest BCUT2D eigenvalue weighted by Gasteiger charge is -2.14. The van der Waals surface area contributed by atoms with Crippen molar-refractivity contribution in [3.05, 3.63) is 40.8 Å². The van der Waals surface area contributed by atoms with Gasteiger partial charge in [-0.1, -0.05) is 51.5 Å². The number of ether oxygens (including phenoxy) is 1. The number of nitrogens with one attached hydrogen (secondary N) is 1. The first kappa shape index (κ1) is 26.6. The van der Waals surface area contributed by atoms with Gasteiger partial charge in [-0.25, -0.2) is 17.9 Å². The molecule has 0 saturated carbocycles. The smallest absolute Gasteiger partial charge is 0.421 e. The number of hydrogen-bond acceptors (Lipinski definition) is 7. The standard InChI is InChI=1S/C24H32N2O5S3/c1-4-5-11-31-24(28)25-34(29,30)23-21(15-20(33-23)13-17(2)3)19-8-6-18(7-9-19)14-22(27)26-10-12-32-16-26/h6-9,15,17H,4-5,10-14,16H2,1-3H3,(H,25,28). The molecule has 1 saturated heterocycles. The van der Waals surface area contributed by atoms with Gasteiger partial charge in [0.1, 0.15) is 4.21 Å². The van der Waals surface area contributed by atoms with E-state index in [-0.39, 0.29) is 16.7 Å². The van der Waals surface area contributed by atoms with E-state index in [4.69, 9.17) is 4.74 Å². The van der Waals surface area contributed by atoms with Crippen molar-refractivity contribution in [1.82, 2.24) is 9.62 Å². The second-order valence-corrected chi connectivity index (χ2v) is 12.8. The number of thioether (sulfide) groups is 1. The summed E-state index contributed by atoms with van der Waals surface area (Å²) in [5.74, 6) is 2.16. The van der Waals surface area contributed by atoms with Gasteiger partial charge < -0.3 is 9.64 Å². The maximum atomic E-state index is 13.1. The molecule has 1 aliphatic heterocycles. The average molecular weight is 525 g/mol. The lowest BCUT2D eigenvalue weighted by atomic mass is 10.0. The molecule has 0 unspecified atom stereocenters. The van der Waals surface area contributed by atoms with Crippen LogP contribution in [0.25, 0.3) is 11.1 Å². The fraction of sp³-hybridized carbons (Fsp3) is 0.500. The minimum absolute atomic E-state index is 0.0912. The van der Waals surface area contributed by atoms with Gasteiger partial charge in [0.15, 0.2) is 0 Å². The van der Waals surface area contributed by atoms with Crippen LogP contribution in [0.3, 0.4) is 0 Å². The van der Waals surface area contributed by atoms with Gasteiger partial charge in [-0.05, 0) is 36.0 Å². The third-order valence-corrected chi connectivity index (χ3v) is 9.25. The lowest BCUT2D eigenvalue weighted by Crippen LogP contribution is -2.31. The topological polar surface area (TPSA) is 92.8 Å². The van der Waals surface area contributed by atoms with Crippen LogP contribution < -0.4 is 4.72 Å². The average Bonchev–Trinajstić information content (AvgIpc) is 3.44. The molecule has 1 N–H and O–H groups in total. The third kappa shape index (κ3) is 7.23. The fourth-order valence-corrected chi connectivity index (χ4v) is 7.33.